The fraction of sp³-hybridized carbons (Fsp3) is 0. The van der Waals surface area contributed by atoms with Gasteiger partial charge in [-0.3, -0.25) is 0 Å². The Kier molecular flexibility index (Phi) is 6.93. The molecule has 5 heteroatoms. The lowest BCUT2D eigenvalue weighted by atomic mass is 10.1. The van der Waals surface area contributed by atoms with E-state index in [1.807, 2.05) is 11.3 Å². The maximum atomic E-state index is 7.06. The van der Waals surface area contributed by atoms with Crippen molar-refractivity contribution in [3.8, 4) is 0 Å². The fourth-order valence-corrected chi connectivity index (χ4v) is 9.23. The lowest BCUT2D eigenvalue weighted by Gasteiger charge is -2.26. The highest BCUT2D eigenvalue weighted by Gasteiger charge is 2.19. The van der Waals surface area contributed by atoms with Gasteiger partial charge in [0.25, 0.3) is 0 Å². The maximum Gasteiger partial charge on any atom is 0.0519 e. The monoisotopic (exact) mass is 658 g/mol. The molecule has 0 saturated heterocycles. The van der Waals surface area contributed by atoms with Crippen LogP contribution in [0.15, 0.2) is 164 Å². The minimum absolute atomic E-state index is 0.770. The van der Waals surface area contributed by atoms with E-state index in [1.54, 1.807) is 11.3 Å². The van der Waals surface area contributed by atoms with E-state index < -0.39 is 0 Å². The zero-order chi connectivity index (χ0) is 31.3. The molecule has 0 aliphatic carbocycles. The summed E-state index contributed by atoms with van der Waals surface area (Å²) < 4.78 is 4.95. The van der Waals surface area contributed by atoms with Gasteiger partial charge in [0.1, 0.15) is 0 Å². The zero-order valence-corrected chi connectivity index (χ0v) is 27.6. The van der Waals surface area contributed by atoms with Crippen LogP contribution in [-0.2, 0) is 0 Å². The Morgan fingerprint density at radius 3 is 1.53 bits per heavy atom. The van der Waals surface area contributed by atoms with E-state index in [0.29, 0.717) is 0 Å². The molecule has 2 nitrogen and oxygen atoms in total. The van der Waals surface area contributed by atoms with Crippen LogP contribution in [0.5, 0.6) is 0 Å². The molecular weight excluding hydrogens is 632 g/mol. The number of fused-ring (bicyclic) bond motifs is 6. The van der Waals surface area contributed by atoms with Gasteiger partial charge in [0, 0.05) is 74.5 Å². The number of rotatable bonds is 6. The molecule has 224 valence electrons. The minimum atomic E-state index is 0.770. The molecule has 9 rings (SSSR count). The Hall–Kier alpha value is -5.13. The molecule has 47 heavy (non-hydrogen) atoms. The SMILES string of the molecule is Clc1cc(N(c2ccccc2)c2ccc3sc4cc(N(c5ccccc5)c5ccccc5)ccc4c3c2)cc2sc3ccccc3c12. The topological polar surface area (TPSA) is 6.48 Å². The quantitative estimate of drug-likeness (QED) is 0.175. The molecule has 0 N–H and O–H groups in total. The van der Waals surface area contributed by atoms with E-state index in [2.05, 4.69) is 174 Å². The Morgan fingerprint density at radius 1 is 0.340 bits per heavy atom. The van der Waals surface area contributed by atoms with Crippen LogP contribution >= 0.6 is 34.3 Å². The van der Waals surface area contributed by atoms with Crippen molar-refractivity contribution < 1.29 is 0 Å². The summed E-state index contributed by atoms with van der Waals surface area (Å²) in [5.74, 6) is 0. The average molecular weight is 659 g/mol. The number of hydrogen-bond donors (Lipinski definition) is 0. The van der Waals surface area contributed by atoms with Crippen molar-refractivity contribution >= 4 is 109 Å². The van der Waals surface area contributed by atoms with Gasteiger partial charge in [-0.05, 0) is 84.9 Å². The third kappa shape index (κ3) is 4.93. The molecule has 0 fully saturated rings. The van der Waals surface area contributed by atoms with Gasteiger partial charge in [0.05, 0.1) is 5.02 Å². The zero-order valence-electron chi connectivity index (χ0n) is 25.2. The Labute approximate surface area is 285 Å². The van der Waals surface area contributed by atoms with Crippen molar-refractivity contribution in [2.45, 2.75) is 0 Å². The third-order valence-electron chi connectivity index (χ3n) is 8.67. The van der Waals surface area contributed by atoms with Gasteiger partial charge in [-0.2, -0.15) is 0 Å². The smallest absolute Gasteiger partial charge is 0.0519 e. The van der Waals surface area contributed by atoms with E-state index in [0.717, 1.165) is 44.5 Å². The van der Waals surface area contributed by atoms with E-state index in [1.165, 1.54) is 35.0 Å². The number of hydrogen-bond acceptors (Lipinski definition) is 4. The molecule has 2 aromatic heterocycles. The van der Waals surface area contributed by atoms with Crippen LogP contribution in [0.1, 0.15) is 0 Å². The first-order chi connectivity index (χ1) is 23.2. The second kappa shape index (κ2) is 11.6. The largest absolute Gasteiger partial charge is 0.310 e. The van der Waals surface area contributed by atoms with Crippen molar-refractivity contribution in [2.24, 2.45) is 0 Å². The van der Waals surface area contributed by atoms with E-state index >= 15 is 0 Å². The van der Waals surface area contributed by atoms with Gasteiger partial charge >= 0.3 is 0 Å². The van der Waals surface area contributed by atoms with Crippen LogP contribution in [0.3, 0.4) is 0 Å². The lowest BCUT2D eigenvalue weighted by Crippen LogP contribution is -2.09. The van der Waals surface area contributed by atoms with Crippen molar-refractivity contribution in [1.82, 2.24) is 0 Å². The van der Waals surface area contributed by atoms with Crippen molar-refractivity contribution in [3.63, 3.8) is 0 Å². The molecular formula is C42H27ClN2S2. The highest BCUT2D eigenvalue weighted by molar-refractivity contribution is 7.26. The maximum absolute atomic E-state index is 7.06. The summed E-state index contributed by atoms with van der Waals surface area (Å²) in [5.41, 5.74) is 6.64. The summed E-state index contributed by atoms with van der Waals surface area (Å²) in [7, 11) is 0. The Bertz CT molecular complexity index is 2500. The summed E-state index contributed by atoms with van der Waals surface area (Å²) in [6, 6.07) is 58.3. The number of benzene rings is 7. The highest BCUT2D eigenvalue weighted by atomic mass is 35.5. The standard InChI is InChI=1S/C42H27ClN2S2/c43-37-25-33(27-41-42(37)35-18-10-11-19-38(35)47-41)45(30-16-8-3-9-17-30)31-21-23-39-36(24-31)34-22-20-32(26-40(34)46-39)44(28-12-4-1-5-13-28)29-14-6-2-7-15-29/h1-27H. The molecule has 9 aromatic rings. The third-order valence-corrected chi connectivity index (χ3v) is 11.2. The number of thiophene rings is 2. The van der Waals surface area contributed by atoms with Gasteiger partial charge in [0.2, 0.25) is 0 Å². The first-order valence-electron chi connectivity index (χ1n) is 15.5. The van der Waals surface area contributed by atoms with Gasteiger partial charge in [-0.25, -0.2) is 0 Å². The minimum Gasteiger partial charge on any atom is -0.310 e. The normalized spacial score (nSPS) is 11.5. The number of anilines is 6. The van der Waals surface area contributed by atoms with Gasteiger partial charge < -0.3 is 9.80 Å². The predicted octanol–water partition coefficient (Wildman–Crippen LogP) is 14.0. The Balaban J connectivity index is 1.19. The molecule has 2 heterocycles. The molecule has 0 bridgehead atoms. The first kappa shape index (κ1) is 28.1. The van der Waals surface area contributed by atoms with E-state index in [4.69, 9.17) is 11.6 Å². The molecule has 0 unspecified atom stereocenters. The molecule has 0 saturated carbocycles. The van der Waals surface area contributed by atoms with Crippen LogP contribution in [0.4, 0.5) is 34.1 Å². The van der Waals surface area contributed by atoms with Gasteiger partial charge in [-0.1, -0.05) is 90.5 Å². The predicted molar refractivity (Wildman–Crippen MR) is 207 cm³/mol. The molecule has 0 spiro atoms. The Morgan fingerprint density at radius 2 is 0.851 bits per heavy atom. The van der Waals surface area contributed by atoms with E-state index in [-0.39, 0.29) is 0 Å². The highest BCUT2D eigenvalue weighted by Crippen LogP contribution is 2.46. The fourth-order valence-electron chi connectivity index (χ4n) is 6.58. The molecule has 0 atom stereocenters. The molecule has 0 aliphatic heterocycles. The molecule has 7 aromatic carbocycles. The van der Waals surface area contributed by atoms with Gasteiger partial charge in [-0.15, -0.1) is 22.7 Å². The first-order valence-corrected chi connectivity index (χ1v) is 17.5. The van der Waals surface area contributed by atoms with Crippen LogP contribution < -0.4 is 9.80 Å². The number of halogens is 1. The second-order valence-electron chi connectivity index (χ2n) is 11.5. The summed E-state index contributed by atoms with van der Waals surface area (Å²) in [6.45, 7) is 0. The van der Waals surface area contributed by atoms with Crippen LogP contribution in [0.25, 0.3) is 40.3 Å². The summed E-state index contributed by atoms with van der Waals surface area (Å²) in [5, 5.41) is 5.60. The van der Waals surface area contributed by atoms with Crippen LogP contribution in [0.2, 0.25) is 5.02 Å². The van der Waals surface area contributed by atoms with Crippen molar-refractivity contribution in [2.75, 3.05) is 9.80 Å². The summed E-state index contributed by atoms with van der Waals surface area (Å²) in [6.07, 6.45) is 0. The van der Waals surface area contributed by atoms with Gasteiger partial charge in [0.15, 0.2) is 0 Å². The summed E-state index contributed by atoms with van der Waals surface area (Å²) >= 11 is 10.7. The summed E-state index contributed by atoms with van der Waals surface area (Å²) in [4.78, 5) is 4.64. The average Bonchev–Trinajstić information content (AvgIpc) is 3.68. The second-order valence-corrected chi connectivity index (χ2v) is 14.1. The van der Waals surface area contributed by atoms with Crippen LogP contribution in [-0.4, -0.2) is 0 Å². The lowest BCUT2D eigenvalue weighted by molar-refractivity contribution is 1.29. The van der Waals surface area contributed by atoms with Crippen LogP contribution in [0, 0.1) is 0 Å². The number of para-hydroxylation sites is 3. The molecule has 0 amide bonds. The molecule has 0 aliphatic rings. The number of nitrogens with zero attached hydrogens (tertiary/aromatic N) is 2. The van der Waals surface area contributed by atoms with E-state index in [9.17, 15) is 0 Å². The van der Waals surface area contributed by atoms with Crippen molar-refractivity contribution in [1.29, 1.82) is 0 Å². The van der Waals surface area contributed by atoms with Crippen molar-refractivity contribution in [3.05, 3.63) is 169 Å². The molecule has 0 radical (unpaired) electrons.